The molecule has 0 aliphatic rings. The van der Waals surface area contributed by atoms with Gasteiger partial charge in [-0.05, 0) is 43.8 Å². The highest BCUT2D eigenvalue weighted by molar-refractivity contribution is 5.43. The van der Waals surface area contributed by atoms with Crippen molar-refractivity contribution >= 4 is 0 Å². The zero-order valence-corrected chi connectivity index (χ0v) is 18.2. The van der Waals surface area contributed by atoms with E-state index in [9.17, 15) is 5.11 Å². The molecule has 2 aromatic carbocycles. The number of ether oxygens (including phenoxy) is 2. The van der Waals surface area contributed by atoms with Crippen LogP contribution in [-0.2, 0) is 6.54 Å². The number of methoxy groups -OCH3 is 1. The van der Waals surface area contributed by atoms with Gasteiger partial charge in [-0.1, -0.05) is 49.7 Å². The molecule has 29 heavy (non-hydrogen) atoms. The van der Waals surface area contributed by atoms with Crippen LogP contribution in [-0.4, -0.2) is 50.9 Å². The maximum absolute atomic E-state index is 10.9. The van der Waals surface area contributed by atoms with Crippen LogP contribution in [0.4, 0.5) is 0 Å². The van der Waals surface area contributed by atoms with Crippen LogP contribution in [0.5, 0.6) is 11.5 Å². The minimum atomic E-state index is -0.505. The van der Waals surface area contributed by atoms with E-state index in [0.29, 0.717) is 19.7 Å². The van der Waals surface area contributed by atoms with Crippen LogP contribution in [0.2, 0.25) is 0 Å². The smallest absolute Gasteiger partial charge is 0.161 e. The zero-order chi connectivity index (χ0) is 21.1. The van der Waals surface area contributed by atoms with Crippen LogP contribution >= 0.6 is 0 Å². The van der Waals surface area contributed by atoms with Gasteiger partial charge in [0, 0.05) is 25.6 Å². The molecule has 2 N–H and O–H groups in total. The SMILES string of the molecule is CCCCOc1cc(CNCC(CN(C)C)C(O)c2ccccc2)ccc1OC. The third-order valence-corrected chi connectivity index (χ3v) is 4.91. The number of unbranched alkanes of at least 4 members (excludes halogenated alkanes) is 1. The minimum Gasteiger partial charge on any atom is -0.493 e. The van der Waals surface area contributed by atoms with Crippen molar-refractivity contribution in [1.29, 1.82) is 0 Å². The second kappa shape index (κ2) is 12.5. The second-order valence-corrected chi connectivity index (χ2v) is 7.70. The number of aliphatic hydroxyl groups is 1. The van der Waals surface area contributed by atoms with Gasteiger partial charge in [0.2, 0.25) is 0 Å². The van der Waals surface area contributed by atoms with Gasteiger partial charge in [-0.2, -0.15) is 0 Å². The van der Waals surface area contributed by atoms with Crippen molar-refractivity contribution in [2.45, 2.75) is 32.4 Å². The number of rotatable bonds is 13. The fourth-order valence-corrected chi connectivity index (χ4v) is 3.34. The first kappa shape index (κ1) is 23.2. The van der Waals surface area contributed by atoms with E-state index in [1.54, 1.807) is 7.11 Å². The highest BCUT2D eigenvalue weighted by atomic mass is 16.5. The molecule has 0 aliphatic heterocycles. The molecule has 0 aromatic heterocycles. The van der Waals surface area contributed by atoms with E-state index < -0.39 is 6.10 Å². The first-order valence-electron chi connectivity index (χ1n) is 10.4. The third-order valence-electron chi connectivity index (χ3n) is 4.91. The number of nitrogens with zero attached hydrogens (tertiary/aromatic N) is 1. The van der Waals surface area contributed by atoms with E-state index in [-0.39, 0.29) is 5.92 Å². The van der Waals surface area contributed by atoms with Crippen molar-refractivity contribution in [3.8, 4) is 11.5 Å². The average molecular weight is 401 g/mol. The van der Waals surface area contributed by atoms with Crippen molar-refractivity contribution in [1.82, 2.24) is 10.2 Å². The van der Waals surface area contributed by atoms with Crippen LogP contribution in [0.3, 0.4) is 0 Å². The second-order valence-electron chi connectivity index (χ2n) is 7.70. The summed E-state index contributed by atoms with van der Waals surface area (Å²) in [5.74, 6) is 1.63. The van der Waals surface area contributed by atoms with Crippen molar-refractivity contribution in [3.63, 3.8) is 0 Å². The van der Waals surface area contributed by atoms with Gasteiger partial charge < -0.3 is 24.8 Å². The largest absolute Gasteiger partial charge is 0.493 e. The van der Waals surface area contributed by atoms with Gasteiger partial charge in [0.05, 0.1) is 19.8 Å². The summed E-state index contributed by atoms with van der Waals surface area (Å²) in [4.78, 5) is 2.12. The Hall–Kier alpha value is -2.08. The van der Waals surface area contributed by atoms with Crippen LogP contribution in [0.15, 0.2) is 48.5 Å². The highest BCUT2D eigenvalue weighted by Crippen LogP contribution is 2.28. The van der Waals surface area contributed by atoms with E-state index in [2.05, 4.69) is 17.1 Å². The van der Waals surface area contributed by atoms with Gasteiger partial charge in [-0.3, -0.25) is 0 Å². The quantitative estimate of drug-likeness (QED) is 0.500. The fourth-order valence-electron chi connectivity index (χ4n) is 3.34. The lowest BCUT2D eigenvalue weighted by Gasteiger charge is -2.26. The monoisotopic (exact) mass is 400 g/mol. The van der Waals surface area contributed by atoms with Gasteiger partial charge in [-0.25, -0.2) is 0 Å². The molecule has 0 saturated carbocycles. The van der Waals surface area contributed by atoms with Gasteiger partial charge in [-0.15, -0.1) is 0 Å². The Morgan fingerprint density at radius 2 is 1.83 bits per heavy atom. The molecule has 5 heteroatoms. The molecule has 2 atom stereocenters. The zero-order valence-electron chi connectivity index (χ0n) is 18.2. The van der Waals surface area contributed by atoms with Gasteiger partial charge in [0.1, 0.15) is 0 Å². The molecule has 0 radical (unpaired) electrons. The van der Waals surface area contributed by atoms with E-state index in [1.165, 1.54) is 0 Å². The third kappa shape index (κ3) is 7.69. The summed E-state index contributed by atoms with van der Waals surface area (Å²) in [5, 5.41) is 14.4. The molecule has 2 aromatic rings. The Labute approximate surface area is 175 Å². The van der Waals surface area contributed by atoms with Crippen molar-refractivity contribution in [2.24, 2.45) is 5.92 Å². The molecule has 160 valence electrons. The topological polar surface area (TPSA) is 54.0 Å². The molecule has 0 aliphatic carbocycles. The van der Waals surface area contributed by atoms with E-state index >= 15 is 0 Å². The number of nitrogens with one attached hydrogen (secondary N) is 1. The molecular weight excluding hydrogens is 364 g/mol. The van der Waals surface area contributed by atoms with Crippen LogP contribution in [0.25, 0.3) is 0 Å². The van der Waals surface area contributed by atoms with Crippen LogP contribution in [0.1, 0.15) is 37.0 Å². The maximum atomic E-state index is 10.9. The molecule has 2 rings (SSSR count). The number of benzene rings is 2. The first-order chi connectivity index (χ1) is 14.0. The summed E-state index contributed by atoms with van der Waals surface area (Å²) in [6.45, 7) is 5.07. The summed E-state index contributed by atoms with van der Waals surface area (Å²) in [6, 6.07) is 15.9. The van der Waals surface area contributed by atoms with Gasteiger partial charge >= 0.3 is 0 Å². The number of hydrogen-bond acceptors (Lipinski definition) is 5. The predicted octanol–water partition coefficient (Wildman–Crippen LogP) is 3.88. The predicted molar refractivity (Wildman–Crippen MR) is 119 cm³/mol. The Kier molecular flexibility index (Phi) is 9.98. The lowest BCUT2D eigenvalue weighted by Crippen LogP contribution is -2.34. The summed E-state index contributed by atoms with van der Waals surface area (Å²) < 4.78 is 11.3. The molecule has 5 nitrogen and oxygen atoms in total. The molecular formula is C24H36N2O3. The summed E-state index contributed by atoms with van der Waals surface area (Å²) in [5.41, 5.74) is 2.09. The average Bonchev–Trinajstić information content (AvgIpc) is 2.73. The lowest BCUT2D eigenvalue weighted by molar-refractivity contribution is 0.0894. The van der Waals surface area contributed by atoms with E-state index in [1.807, 2.05) is 62.6 Å². The normalized spacial score (nSPS) is 13.3. The number of hydrogen-bond donors (Lipinski definition) is 2. The first-order valence-corrected chi connectivity index (χ1v) is 10.4. The van der Waals surface area contributed by atoms with Crippen molar-refractivity contribution in [2.75, 3.05) is 40.9 Å². The molecule has 2 unspecified atom stereocenters. The van der Waals surface area contributed by atoms with Gasteiger partial charge in [0.15, 0.2) is 11.5 Å². The summed E-state index contributed by atoms with van der Waals surface area (Å²) in [6.07, 6.45) is 1.62. The highest BCUT2D eigenvalue weighted by Gasteiger charge is 2.21. The van der Waals surface area contributed by atoms with Crippen molar-refractivity contribution < 1.29 is 14.6 Å². The molecule has 0 fully saturated rings. The Balaban J connectivity index is 1.98. The Bertz CT molecular complexity index is 707. The van der Waals surface area contributed by atoms with E-state index in [0.717, 1.165) is 42.0 Å². The molecule has 0 heterocycles. The molecule has 0 amide bonds. The van der Waals surface area contributed by atoms with E-state index in [4.69, 9.17) is 9.47 Å². The lowest BCUT2D eigenvalue weighted by atomic mass is 9.95. The minimum absolute atomic E-state index is 0.0888. The molecule has 0 bridgehead atoms. The summed E-state index contributed by atoms with van der Waals surface area (Å²) >= 11 is 0. The van der Waals surface area contributed by atoms with Crippen molar-refractivity contribution in [3.05, 3.63) is 59.7 Å². The number of aliphatic hydroxyl groups excluding tert-OH is 1. The summed E-state index contributed by atoms with van der Waals surface area (Å²) in [7, 11) is 5.74. The molecule has 0 saturated heterocycles. The van der Waals surface area contributed by atoms with Gasteiger partial charge in [0.25, 0.3) is 0 Å². The Morgan fingerprint density at radius 3 is 2.48 bits per heavy atom. The Morgan fingerprint density at radius 1 is 1.07 bits per heavy atom. The van der Waals surface area contributed by atoms with Crippen LogP contribution in [0, 0.1) is 5.92 Å². The molecule has 0 spiro atoms. The standard InChI is InChI=1S/C24H36N2O3/c1-5-6-14-29-23-15-19(12-13-22(23)28-4)16-25-17-21(18-26(2)3)24(27)20-10-8-7-9-11-20/h7-13,15,21,24-25,27H,5-6,14,16-18H2,1-4H3. The fraction of sp³-hybridized carbons (Fsp3) is 0.500. The van der Waals surface area contributed by atoms with Crippen LogP contribution < -0.4 is 14.8 Å². The maximum Gasteiger partial charge on any atom is 0.161 e.